The second-order valence-electron chi connectivity index (χ2n) is 4.47. The van der Waals surface area contributed by atoms with E-state index in [0.717, 1.165) is 28.8 Å². The first-order chi connectivity index (χ1) is 9.19. The van der Waals surface area contributed by atoms with E-state index in [0.29, 0.717) is 0 Å². The molecule has 0 atom stereocenters. The summed E-state index contributed by atoms with van der Waals surface area (Å²) in [5.74, 6) is 0. The zero-order valence-corrected chi connectivity index (χ0v) is 12.4. The van der Waals surface area contributed by atoms with Crippen LogP contribution >= 0.6 is 11.8 Å². The molecular weight excluding hydrogens is 254 g/mol. The molecule has 2 aromatic rings. The molecule has 0 bridgehead atoms. The van der Waals surface area contributed by atoms with E-state index < -0.39 is 0 Å². The van der Waals surface area contributed by atoms with Crippen LogP contribution in [0, 0.1) is 13.8 Å². The Morgan fingerprint density at radius 1 is 1.26 bits per heavy atom. The highest BCUT2D eigenvalue weighted by Crippen LogP contribution is 2.27. The van der Waals surface area contributed by atoms with Gasteiger partial charge in [-0.1, -0.05) is 13.0 Å². The number of hydrogen-bond donors (Lipinski definition) is 1. The van der Waals surface area contributed by atoms with Crippen LogP contribution in [0.5, 0.6) is 0 Å². The average Bonchev–Trinajstić information content (AvgIpc) is 2.36. The Labute approximate surface area is 118 Å². The van der Waals surface area contributed by atoms with Gasteiger partial charge in [-0.2, -0.15) is 0 Å². The van der Waals surface area contributed by atoms with Crippen molar-refractivity contribution in [2.75, 3.05) is 6.54 Å². The summed E-state index contributed by atoms with van der Waals surface area (Å²) < 4.78 is 0. The molecule has 0 unspecified atom stereocenters. The van der Waals surface area contributed by atoms with Crippen LogP contribution in [0.25, 0.3) is 0 Å². The molecule has 0 aromatic carbocycles. The number of rotatable bonds is 5. The van der Waals surface area contributed by atoms with Crippen LogP contribution in [0.1, 0.15) is 23.7 Å². The van der Waals surface area contributed by atoms with Gasteiger partial charge in [0.2, 0.25) is 0 Å². The molecule has 0 aliphatic rings. The van der Waals surface area contributed by atoms with E-state index in [1.807, 2.05) is 19.2 Å². The molecule has 2 heterocycles. The molecule has 4 heteroatoms. The summed E-state index contributed by atoms with van der Waals surface area (Å²) in [7, 11) is 0. The van der Waals surface area contributed by atoms with Gasteiger partial charge in [0.1, 0.15) is 10.1 Å². The SMILES string of the molecule is CCNCc1cccnc1Sc1cc(C)cc(C)n1. The largest absolute Gasteiger partial charge is 0.313 e. The van der Waals surface area contributed by atoms with Gasteiger partial charge in [-0.25, -0.2) is 9.97 Å². The first-order valence-corrected chi connectivity index (χ1v) is 7.28. The molecule has 0 aliphatic heterocycles. The first kappa shape index (κ1) is 14.0. The van der Waals surface area contributed by atoms with Gasteiger partial charge in [0.25, 0.3) is 0 Å². The molecule has 0 spiro atoms. The van der Waals surface area contributed by atoms with Crippen molar-refractivity contribution in [3.63, 3.8) is 0 Å². The van der Waals surface area contributed by atoms with Crippen molar-refractivity contribution in [1.82, 2.24) is 15.3 Å². The van der Waals surface area contributed by atoms with Crippen molar-refractivity contribution in [3.05, 3.63) is 47.3 Å². The fraction of sp³-hybridized carbons (Fsp3) is 0.333. The quantitative estimate of drug-likeness (QED) is 0.906. The van der Waals surface area contributed by atoms with Crippen LogP contribution in [0.3, 0.4) is 0 Å². The summed E-state index contributed by atoms with van der Waals surface area (Å²) in [4.78, 5) is 9.02. The Balaban J connectivity index is 2.22. The Morgan fingerprint density at radius 3 is 2.84 bits per heavy atom. The van der Waals surface area contributed by atoms with E-state index in [4.69, 9.17) is 0 Å². The lowest BCUT2D eigenvalue weighted by atomic mass is 10.3. The third-order valence-corrected chi connectivity index (χ3v) is 3.67. The summed E-state index contributed by atoms with van der Waals surface area (Å²) in [6, 6.07) is 8.28. The lowest BCUT2D eigenvalue weighted by Gasteiger charge is -2.08. The standard InChI is InChI=1S/C15H19N3S/c1-4-16-10-13-6-5-7-17-15(13)19-14-9-11(2)8-12(3)18-14/h5-9,16H,4,10H2,1-3H3. The third kappa shape index (κ3) is 4.04. The lowest BCUT2D eigenvalue weighted by Crippen LogP contribution is -2.12. The van der Waals surface area contributed by atoms with Gasteiger partial charge in [0, 0.05) is 18.4 Å². The first-order valence-electron chi connectivity index (χ1n) is 6.47. The molecule has 0 saturated carbocycles. The number of hydrogen-bond acceptors (Lipinski definition) is 4. The van der Waals surface area contributed by atoms with E-state index in [-0.39, 0.29) is 0 Å². The van der Waals surface area contributed by atoms with Gasteiger partial charge in [0.05, 0.1) is 0 Å². The molecule has 19 heavy (non-hydrogen) atoms. The topological polar surface area (TPSA) is 37.8 Å². The smallest absolute Gasteiger partial charge is 0.107 e. The zero-order valence-electron chi connectivity index (χ0n) is 11.6. The minimum absolute atomic E-state index is 0.845. The van der Waals surface area contributed by atoms with Gasteiger partial charge in [-0.15, -0.1) is 0 Å². The Morgan fingerprint density at radius 2 is 2.11 bits per heavy atom. The van der Waals surface area contributed by atoms with E-state index in [9.17, 15) is 0 Å². The lowest BCUT2D eigenvalue weighted by molar-refractivity contribution is 0.711. The number of aryl methyl sites for hydroxylation is 2. The van der Waals surface area contributed by atoms with Gasteiger partial charge in [0.15, 0.2) is 0 Å². The third-order valence-electron chi connectivity index (χ3n) is 2.69. The van der Waals surface area contributed by atoms with Crippen LogP contribution in [-0.4, -0.2) is 16.5 Å². The molecule has 2 rings (SSSR count). The summed E-state index contributed by atoms with van der Waals surface area (Å²) in [5, 5.41) is 5.38. The molecule has 0 amide bonds. The predicted molar refractivity (Wildman–Crippen MR) is 79.5 cm³/mol. The number of aromatic nitrogens is 2. The predicted octanol–water partition coefficient (Wildman–Crippen LogP) is 3.35. The molecule has 1 N–H and O–H groups in total. The maximum absolute atomic E-state index is 4.55. The van der Waals surface area contributed by atoms with E-state index in [1.165, 1.54) is 11.1 Å². The number of pyridine rings is 2. The molecule has 100 valence electrons. The van der Waals surface area contributed by atoms with Gasteiger partial charge >= 0.3 is 0 Å². The number of nitrogens with one attached hydrogen (secondary N) is 1. The highest BCUT2D eigenvalue weighted by molar-refractivity contribution is 7.99. The van der Waals surface area contributed by atoms with Crippen LogP contribution in [0.4, 0.5) is 0 Å². The van der Waals surface area contributed by atoms with E-state index in [2.05, 4.69) is 47.3 Å². The summed E-state index contributed by atoms with van der Waals surface area (Å²) in [6.07, 6.45) is 1.83. The summed E-state index contributed by atoms with van der Waals surface area (Å²) in [6.45, 7) is 8.03. The molecule has 0 radical (unpaired) electrons. The fourth-order valence-electron chi connectivity index (χ4n) is 1.87. The minimum Gasteiger partial charge on any atom is -0.313 e. The van der Waals surface area contributed by atoms with Crippen LogP contribution < -0.4 is 5.32 Å². The van der Waals surface area contributed by atoms with Crippen molar-refractivity contribution < 1.29 is 0 Å². The molecule has 3 nitrogen and oxygen atoms in total. The maximum Gasteiger partial charge on any atom is 0.107 e. The van der Waals surface area contributed by atoms with Crippen molar-refractivity contribution in [2.45, 2.75) is 37.4 Å². The molecule has 0 saturated heterocycles. The molecule has 0 fully saturated rings. The van der Waals surface area contributed by atoms with Gasteiger partial charge in [-0.05, 0) is 61.5 Å². The second kappa shape index (κ2) is 6.68. The number of nitrogens with zero attached hydrogens (tertiary/aromatic N) is 2. The Hall–Kier alpha value is -1.39. The van der Waals surface area contributed by atoms with Crippen molar-refractivity contribution in [1.29, 1.82) is 0 Å². The molecule has 2 aromatic heterocycles. The van der Waals surface area contributed by atoms with Crippen molar-refractivity contribution >= 4 is 11.8 Å². The summed E-state index contributed by atoms with van der Waals surface area (Å²) in [5.41, 5.74) is 3.50. The Bertz CT molecular complexity index is 535. The second-order valence-corrected chi connectivity index (χ2v) is 5.48. The molecular formula is C15H19N3S. The Kier molecular flexibility index (Phi) is 4.93. The summed E-state index contributed by atoms with van der Waals surface area (Å²) >= 11 is 1.63. The van der Waals surface area contributed by atoms with Gasteiger partial charge in [-0.3, -0.25) is 0 Å². The zero-order chi connectivity index (χ0) is 13.7. The van der Waals surface area contributed by atoms with E-state index in [1.54, 1.807) is 11.8 Å². The van der Waals surface area contributed by atoms with Crippen LogP contribution in [-0.2, 0) is 6.54 Å². The normalized spacial score (nSPS) is 10.7. The minimum atomic E-state index is 0.845. The van der Waals surface area contributed by atoms with Gasteiger partial charge < -0.3 is 5.32 Å². The average molecular weight is 273 g/mol. The highest BCUT2D eigenvalue weighted by Gasteiger charge is 2.07. The highest BCUT2D eigenvalue weighted by atomic mass is 32.2. The van der Waals surface area contributed by atoms with Crippen molar-refractivity contribution in [2.24, 2.45) is 0 Å². The maximum atomic E-state index is 4.55. The van der Waals surface area contributed by atoms with Crippen LogP contribution in [0.15, 0.2) is 40.5 Å². The van der Waals surface area contributed by atoms with Crippen molar-refractivity contribution in [3.8, 4) is 0 Å². The monoisotopic (exact) mass is 273 g/mol. The van der Waals surface area contributed by atoms with Crippen LogP contribution in [0.2, 0.25) is 0 Å². The fourth-order valence-corrected chi connectivity index (χ4v) is 2.88. The molecule has 0 aliphatic carbocycles. The van der Waals surface area contributed by atoms with E-state index >= 15 is 0 Å².